The van der Waals surface area contributed by atoms with E-state index in [1.54, 1.807) is 13.2 Å². The Labute approximate surface area is 99.7 Å². The van der Waals surface area contributed by atoms with E-state index in [0.717, 1.165) is 6.54 Å². The highest BCUT2D eigenvalue weighted by Crippen LogP contribution is 2.38. The Morgan fingerprint density at radius 2 is 2.18 bits per heavy atom. The van der Waals surface area contributed by atoms with E-state index in [4.69, 9.17) is 14.2 Å². The summed E-state index contributed by atoms with van der Waals surface area (Å²) < 4.78 is 29.6. The van der Waals surface area contributed by atoms with Gasteiger partial charge in [0, 0.05) is 13.1 Å². The number of nitrogens with one attached hydrogen (secondary N) is 1. The van der Waals surface area contributed by atoms with Crippen LogP contribution in [0.2, 0.25) is 0 Å². The van der Waals surface area contributed by atoms with Gasteiger partial charge in [0.15, 0.2) is 11.6 Å². The largest absolute Gasteiger partial charge is 0.496 e. The predicted molar refractivity (Wildman–Crippen MR) is 61.1 cm³/mol. The SMILES string of the molecule is COc1ccc(F)c(OC)c1C1CNCCO1. The van der Waals surface area contributed by atoms with Crippen LogP contribution in [0.25, 0.3) is 0 Å². The van der Waals surface area contributed by atoms with Crippen LogP contribution in [-0.2, 0) is 4.74 Å². The van der Waals surface area contributed by atoms with Gasteiger partial charge >= 0.3 is 0 Å². The van der Waals surface area contributed by atoms with Gasteiger partial charge in [-0.2, -0.15) is 0 Å². The number of morpholine rings is 1. The van der Waals surface area contributed by atoms with Crippen molar-refractivity contribution >= 4 is 0 Å². The minimum Gasteiger partial charge on any atom is -0.496 e. The first-order chi connectivity index (χ1) is 8.27. The van der Waals surface area contributed by atoms with E-state index in [1.807, 2.05) is 0 Å². The highest BCUT2D eigenvalue weighted by molar-refractivity contribution is 5.47. The fourth-order valence-corrected chi connectivity index (χ4v) is 2.00. The van der Waals surface area contributed by atoms with E-state index in [1.165, 1.54) is 13.2 Å². The molecule has 1 saturated heterocycles. The van der Waals surface area contributed by atoms with Crippen molar-refractivity contribution in [2.24, 2.45) is 0 Å². The topological polar surface area (TPSA) is 39.7 Å². The Kier molecular flexibility index (Phi) is 3.81. The fraction of sp³-hybridized carbons (Fsp3) is 0.500. The third kappa shape index (κ3) is 2.35. The molecular formula is C12H16FNO3. The van der Waals surface area contributed by atoms with Crippen molar-refractivity contribution in [3.05, 3.63) is 23.5 Å². The summed E-state index contributed by atoms with van der Waals surface area (Å²) in [5, 5.41) is 3.20. The number of halogens is 1. The van der Waals surface area contributed by atoms with Gasteiger partial charge in [0.1, 0.15) is 11.9 Å². The normalized spacial score (nSPS) is 20.1. The van der Waals surface area contributed by atoms with Crippen molar-refractivity contribution in [2.45, 2.75) is 6.10 Å². The zero-order valence-corrected chi connectivity index (χ0v) is 9.96. The van der Waals surface area contributed by atoms with Crippen LogP contribution in [0.4, 0.5) is 4.39 Å². The Morgan fingerprint density at radius 1 is 1.35 bits per heavy atom. The van der Waals surface area contributed by atoms with Gasteiger partial charge in [0.2, 0.25) is 0 Å². The molecule has 1 aromatic rings. The number of rotatable bonds is 3. The maximum absolute atomic E-state index is 13.7. The molecule has 0 spiro atoms. The van der Waals surface area contributed by atoms with Gasteiger partial charge in [-0.1, -0.05) is 0 Å². The van der Waals surface area contributed by atoms with Gasteiger partial charge in [-0.25, -0.2) is 4.39 Å². The lowest BCUT2D eigenvalue weighted by atomic mass is 10.1. The molecule has 2 rings (SSSR count). The molecule has 0 bridgehead atoms. The second-order valence-electron chi connectivity index (χ2n) is 3.76. The maximum atomic E-state index is 13.7. The maximum Gasteiger partial charge on any atom is 0.165 e. The second kappa shape index (κ2) is 5.33. The van der Waals surface area contributed by atoms with E-state index >= 15 is 0 Å². The van der Waals surface area contributed by atoms with Gasteiger partial charge in [0.25, 0.3) is 0 Å². The standard InChI is InChI=1S/C12H16FNO3/c1-15-9-4-3-8(13)12(16-2)11(9)10-7-14-5-6-17-10/h3-4,10,14H,5-7H2,1-2H3. The molecule has 0 amide bonds. The minimum atomic E-state index is -0.405. The summed E-state index contributed by atoms with van der Waals surface area (Å²) >= 11 is 0. The molecule has 1 fully saturated rings. The number of benzene rings is 1. The highest BCUT2D eigenvalue weighted by atomic mass is 19.1. The second-order valence-corrected chi connectivity index (χ2v) is 3.76. The summed E-state index contributed by atoms with van der Waals surface area (Å²) in [7, 11) is 2.99. The van der Waals surface area contributed by atoms with Crippen LogP contribution in [0.1, 0.15) is 11.7 Å². The van der Waals surface area contributed by atoms with Crippen molar-refractivity contribution in [3.63, 3.8) is 0 Å². The predicted octanol–water partition coefficient (Wildman–Crippen LogP) is 1.50. The van der Waals surface area contributed by atoms with Crippen LogP contribution in [0.15, 0.2) is 12.1 Å². The molecule has 1 aliphatic heterocycles. The van der Waals surface area contributed by atoms with E-state index in [-0.39, 0.29) is 11.9 Å². The lowest BCUT2D eigenvalue weighted by Gasteiger charge is -2.26. The molecule has 5 heteroatoms. The Morgan fingerprint density at radius 3 is 2.76 bits per heavy atom. The van der Waals surface area contributed by atoms with Crippen molar-refractivity contribution < 1.29 is 18.6 Å². The van der Waals surface area contributed by atoms with Crippen molar-refractivity contribution in [2.75, 3.05) is 33.9 Å². The molecule has 1 aliphatic rings. The lowest BCUT2D eigenvalue weighted by Crippen LogP contribution is -2.33. The molecule has 4 nitrogen and oxygen atoms in total. The molecule has 0 radical (unpaired) electrons. The quantitative estimate of drug-likeness (QED) is 0.870. The smallest absolute Gasteiger partial charge is 0.165 e. The third-order valence-electron chi connectivity index (χ3n) is 2.78. The summed E-state index contributed by atoms with van der Waals surface area (Å²) in [6, 6.07) is 2.92. The molecule has 17 heavy (non-hydrogen) atoms. The van der Waals surface area contributed by atoms with Gasteiger partial charge in [0.05, 0.1) is 26.4 Å². The number of hydrogen-bond donors (Lipinski definition) is 1. The van der Waals surface area contributed by atoms with Crippen LogP contribution in [0.3, 0.4) is 0 Å². The van der Waals surface area contributed by atoms with Gasteiger partial charge in [-0.05, 0) is 12.1 Å². The molecule has 94 valence electrons. The van der Waals surface area contributed by atoms with Crippen LogP contribution in [0.5, 0.6) is 11.5 Å². The molecule has 0 saturated carbocycles. The number of methoxy groups -OCH3 is 2. The Bertz CT molecular complexity index is 392. The van der Waals surface area contributed by atoms with E-state index in [0.29, 0.717) is 24.5 Å². The molecule has 1 atom stereocenters. The van der Waals surface area contributed by atoms with Crippen LogP contribution >= 0.6 is 0 Å². The number of hydrogen-bond acceptors (Lipinski definition) is 4. The summed E-state index contributed by atoms with van der Waals surface area (Å²) in [6.45, 7) is 2.01. The fourth-order valence-electron chi connectivity index (χ4n) is 2.00. The van der Waals surface area contributed by atoms with Gasteiger partial charge in [-0.3, -0.25) is 0 Å². The van der Waals surface area contributed by atoms with Crippen LogP contribution < -0.4 is 14.8 Å². The van der Waals surface area contributed by atoms with Crippen molar-refractivity contribution in [1.82, 2.24) is 5.32 Å². The van der Waals surface area contributed by atoms with E-state index in [9.17, 15) is 4.39 Å². The van der Waals surface area contributed by atoms with E-state index < -0.39 is 5.82 Å². The zero-order chi connectivity index (χ0) is 12.3. The molecule has 0 aromatic heterocycles. The van der Waals surface area contributed by atoms with E-state index in [2.05, 4.69) is 5.32 Å². The first kappa shape index (κ1) is 12.1. The molecule has 1 N–H and O–H groups in total. The molecule has 1 unspecified atom stereocenters. The number of ether oxygens (including phenoxy) is 3. The highest BCUT2D eigenvalue weighted by Gasteiger charge is 2.25. The van der Waals surface area contributed by atoms with Gasteiger partial charge in [-0.15, -0.1) is 0 Å². The zero-order valence-electron chi connectivity index (χ0n) is 9.96. The average molecular weight is 241 g/mol. The summed E-state index contributed by atoms with van der Waals surface area (Å²) in [6.07, 6.45) is -0.246. The van der Waals surface area contributed by atoms with Crippen LogP contribution in [0, 0.1) is 5.82 Å². The van der Waals surface area contributed by atoms with Gasteiger partial charge < -0.3 is 19.5 Å². The molecule has 0 aliphatic carbocycles. The minimum absolute atomic E-state index is 0.193. The lowest BCUT2D eigenvalue weighted by molar-refractivity contribution is 0.0244. The first-order valence-electron chi connectivity index (χ1n) is 5.50. The monoisotopic (exact) mass is 241 g/mol. The Hall–Kier alpha value is -1.33. The molecular weight excluding hydrogens is 225 g/mol. The third-order valence-corrected chi connectivity index (χ3v) is 2.78. The Balaban J connectivity index is 2.43. The first-order valence-corrected chi connectivity index (χ1v) is 5.50. The summed E-state index contributed by atoms with van der Waals surface area (Å²) in [5.74, 6) is 0.368. The van der Waals surface area contributed by atoms with Crippen LogP contribution in [-0.4, -0.2) is 33.9 Å². The summed E-state index contributed by atoms with van der Waals surface area (Å²) in [5.41, 5.74) is 0.627. The molecule has 1 heterocycles. The van der Waals surface area contributed by atoms with Crippen molar-refractivity contribution in [1.29, 1.82) is 0 Å². The summed E-state index contributed by atoms with van der Waals surface area (Å²) in [4.78, 5) is 0. The molecule has 1 aromatic carbocycles. The van der Waals surface area contributed by atoms with Crippen molar-refractivity contribution in [3.8, 4) is 11.5 Å². The average Bonchev–Trinajstić information content (AvgIpc) is 2.39.